The van der Waals surface area contributed by atoms with Gasteiger partial charge in [0.2, 0.25) is 5.91 Å². The number of amides is 1. The number of carbonyl (C=O) groups is 1. The van der Waals surface area contributed by atoms with Gasteiger partial charge in [-0.1, -0.05) is 42.4 Å². The van der Waals surface area contributed by atoms with Crippen LogP contribution >= 0.6 is 22.6 Å². The van der Waals surface area contributed by atoms with Crippen LogP contribution in [0.15, 0.2) is 0 Å². The SMILES string of the molecule is CCC(=O)NCCCCCCI. The molecule has 0 bridgehead atoms. The summed E-state index contributed by atoms with van der Waals surface area (Å²) >= 11 is 2.40. The number of halogens is 1. The van der Waals surface area contributed by atoms with Crippen LogP contribution in [0.2, 0.25) is 0 Å². The second-order valence-corrected chi connectivity index (χ2v) is 3.89. The van der Waals surface area contributed by atoms with Crippen molar-refractivity contribution in [2.45, 2.75) is 39.0 Å². The largest absolute Gasteiger partial charge is 0.356 e. The van der Waals surface area contributed by atoms with Gasteiger partial charge in [-0.15, -0.1) is 0 Å². The van der Waals surface area contributed by atoms with E-state index < -0.39 is 0 Å². The van der Waals surface area contributed by atoms with Gasteiger partial charge in [-0.2, -0.15) is 0 Å². The van der Waals surface area contributed by atoms with Gasteiger partial charge in [-0.3, -0.25) is 4.79 Å². The van der Waals surface area contributed by atoms with Gasteiger partial charge in [-0.25, -0.2) is 0 Å². The van der Waals surface area contributed by atoms with Crippen LogP contribution < -0.4 is 5.32 Å². The van der Waals surface area contributed by atoms with Gasteiger partial charge in [0.15, 0.2) is 0 Å². The maximum Gasteiger partial charge on any atom is 0.219 e. The lowest BCUT2D eigenvalue weighted by molar-refractivity contribution is -0.120. The van der Waals surface area contributed by atoms with Gasteiger partial charge < -0.3 is 5.32 Å². The first kappa shape index (κ1) is 12.2. The summed E-state index contributed by atoms with van der Waals surface area (Å²) in [5.74, 6) is 0.170. The number of hydrogen-bond acceptors (Lipinski definition) is 1. The summed E-state index contributed by atoms with van der Waals surface area (Å²) in [5, 5.41) is 2.87. The second-order valence-electron chi connectivity index (χ2n) is 2.81. The van der Waals surface area contributed by atoms with E-state index in [0.717, 1.165) is 13.0 Å². The van der Waals surface area contributed by atoms with E-state index in [1.807, 2.05) is 6.92 Å². The van der Waals surface area contributed by atoms with Crippen molar-refractivity contribution in [3.8, 4) is 0 Å². The van der Waals surface area contributed by atoms with Crippen molar-refractivity contribution >= 4 is 28.5 Å². The molecule has 12 heavy (non-hydrogen) atoms. The third kappa shape index (κ3) is 8.30. The molecular formula is C9H18INO. The summed E-state index contributed by atoms with van der Waals surface area (Å²) < 4.78 is 1.25. The molecular weight excluding hydrogens is 265 g/mol. The van der Waals surface area contributed by atoms with Crippen LogP contribution in [-0.2, 0) is 4.79 Å². The summed E-state index contributed by atoms with van der Waals surface area (Å²) in [6.45, 7) is 2.74. The van der Waals surface area contributed by atoms with Gasteiger partial charge in [0.05, 0.1) is 0 Å². The minimum Gasteiger partial charge on any atom is -0.356 e. The predicted octanol–water partition coefficient (Wildman–Crippen LogP) is 2.51. The van der Waals surface area contributed by atoms with Crippen LogP contribution in [0.5, 0.6) is 0 Å². The zero-order valence-corrected chi connectivity index (χ0v) is 9.89. The maximum absolute atomic E-state index is 10.8. The normalized spacial score (nSPS) is 9.83. The molecule has 0 unspecified atom stereocenters. The van der Waals surface area contributed by atoms with E-state index in [9.17, 15) is 4.79 Å². The lowest BCUT2D eigenvalue weighted by Crippen LogP contribution is -2.23. The molecule has 0 spiro atoms. The highest BCUT2D eigenvalue weighted by atomic mass is 127. The highest BCUT2D eigenvalue weighted by Gasteiger charge is 1.94. The first-order valence-electron chi connectivity index (χ1n) is 4.64. The van der Waals surface area contributed by atoms with E-state index in [-0.39, 0.29) is 5.91 Å². The number of unbranched alkanes of at least 4 members (excludes halogenated alkanes) is 3. The Morgan fingerprint density at radius 1 is 1.25 bits per heavy atom. The monoisotopic (exact) mass is 283 g/mol. The number of nitrogens with one attached hydrogen (secondary N) is 1. The van der Waals surface area contributed by atoms with E-state index in [1.165, 1.54) is 23.7 Å². The average molecular weight is 283 g/mol. The third-order valence-electron chi connectivity index (χ3n) is 1.70. The molecule has 0 fully saturated rings. The Balaban J connectivity index is 2.95. The summed E-state index contributed by atoms with van der Waals surface area (Å²) in [6.07, 6.45) is 5.58. The van der Waals surface area contributed by atoms with Gasteiger partial charge in [0.25, 0.3) is 0 Å². The molecule has 2 nitrogen and oxygen atoms in total. The Bertz CT molecular complexity index is 117. The summed E-state index contributed by atoms with van der Waals surface area (Å²) in [4.78, 5) is 10.8. The van der Waals surface area contributed by atoms with Crippen LogP contribution in [0.25, 0.3) is 0 Å². The zero-order valence-electron chi connectivity index (χ0n) is 7.74. The Kier molecular flexibility index (Phi) is 9.44. The van der Waals surface area contributed by atoms with Crippen LogP contribution in [0.3, 0.4) is 0 Å². The quantitative estimate of drug-likeness (QED) is 0.434. The van der Waals surface area contributed by atoms with Crippen molar-refractivity contribution in [3.63, 3.8) is 0 Å². The highest BCUT2D eigenvalue weighted by molar-refractivity contribution is 14.1. The van der Waals surface area contributed by atoms with E-state index >= 15 is 0 Å². The van der Waals surface area contributed by atoms with E-state index in [1.54, 1.807) is 0 Å². The molecule has 0 saturated heterocycles. The van der Waals surface area contributed by atoms with Gasteiger partial charge in [0.1, 0.15) is 0 Å². The topological polar surface area (TPSA) is 29.1 Å². The first-order valence-corrected chi connectivity index (χ1v) is 6.16. The Morgan fingerprint density at radius 3 is 2.50 bits per heavy atom. The average Bonchev–Trinajstić information content (AvgIpc) is 2.10. The standard InChI is InChI=1S/C9H18INO/c1-2-9(12)11-8-6-4-3-5-7-10/h2-8H2,1H3,(H,11,12). The smallest absolute Gasteiger partial charge is 0.219 e. The molecule has 0 aromatic rings. The van der Waals surface area contributed by atoms with Crippen molar-refractivity contribution in [3.05, 3.63) is 0 Å². The fourth-order valence-electron chi connectivity index (χ4n) is 0.926. The predicted molar refractivity (Wildman–Crippen MR) is 60.7 cm³/mol. The second kappa shape index (κ2) is 9.29. The molecule has 1 amide bonds. The molecule has 0 aromatic heterocycles. The third-order valence-corrected chi connectivity index (χ3v) is 2.47. The molecule has 0 aromatic carbocycles. The highest BCUT2D eigenvalue weighted by Crippen LogP contribution is 2.01. The van der Waals surface area contributed by atoms with Crippen molar-refractivity contribution < 1.29 is 4.79 Å². The van der Waals surface area contributed by atoms with Gasteiger partial charge in [0, 0.05) is 13.0 Å². The van der Waals surface area contributed by atoms with Crippen molar-refractivity contribution in [1.29, 1.82) is 0 Å². The zero-order chi connectivity index (χ0) is 9.23. The van der Waals surface area contributed by atoms with E-state index in [2.05, 4.69) is 27.9 Å². The van der Waals surface area contributed by atoms with Crippen molar-refractivity contribution in [1.82, 2.24) is 5.32 Å². The molecule has 3 heteroatoms. The lowest BCUT2D eigenvalue weighted by atomic mass is 10.2. The van der Waals surface area contributed by atoms with Crippen LogP contribution in [0.4, 0.5) is 0 Å². The fourth-order valence-corrected chi connectivity index (χ4v) is 1.47. The number of hydrogen-bond donors (Lipinski definition) is 1. The van der Waals surface area contributed by atoms with Crippen LogP contribution in [-0.4, -0.2) is 16.9 Å². The summed E-state index contributed by atoms with van der Waals surface area (Å²) in [6, 6.07) is 0. The molecule has 0 heterocycles. The molecule has 0 rings (SSSR count). The molecule has 0 aliphatic carbocycles. The molecule has 0 aliphatic rings. The Hall–Kier alpha value is 0.200. The minimum absolute atomic E-state index is 0.170. The number of rotatable bonds is 7. The van der Waals surface area contributed by atoms with Crippen molar-refractivity contribution in [2.24, 2.45) is 0 Å². The molecule has 0 atom stereocenters. The lowest BCUT2D eigenvalue weighted by Gasteiger charge is -2.02. The summed E-state index contributed by atoms with van der Waals surface area (Å²) in [5.41, 5.74) is 0. The Labute approximate surface area is 88.6 Å². The van der Waals surface area contributed by atoms with E-state index in [4.69, 9.17) is 0 Å². The number of alkyl halides is 1. The molecule has 1 N–H and O–H groups in total. The van der Waals surface area contributed by atoms with Crippen LogP contribution in [0, 0.1) is 0 Å². The van der Waals surface area contributed by atoms with Gasteiger partial charge in [-0.05, 0) is 17.3 Å². The van der Waals surface area contributed by atoms with Crippen LogP contribution in [0.1, 0.15) is 39.0 Å². The Morgan fingerprint density at radius 2 is 1.92 bits per heavy atom. The summed E-state index contributed by atoms with van der Waals surface area (Å²) in [7, 11) is 0. The van der Waals surface area contributed by atoms with E-state index in [0.29, 0.717) is 6.42 Å². The number of carbonyl (C=O) groups excluding carboxylic acids is 1. The first-order chi connectivity index (χ1) is 5.81. The van der Waals surface area contributed by atoms with Gasteiger partial charge >= 0.3 is 0 Å². The molecule has 0 saturated carbocycles. The molecule has 72 valence electrons. The molecule has 0 radical (unpaired) electrons. The molecule has 0 aliphatic heterocycles. The van der Waals surface area contributed by atoms with Crippen molar-refractivity contribution in [2.75, 3.05) is 11.0 Å². The maximum atomic E-state index is 10.8. The fraction of sp³-hybridized carbons (Fsp3) is 0.889. The minimum atomic E-state index is 0.170.